The molecule has 6 nitrogen and oxygen atoms in total. The van der Waals surface area contributed by atoms with E-state index >= 15 is 0 Å². The zero-order valence-electron chi connectivity index (χ0n) is 11.6. The number of H-pyrrole nitrogens is 1. The summed E-state index contributed by atoms with van der Waals surface area (Å²) < 4.78 is 0. The molecular weight excluding hydrogens is 323 g/mol. The average molecular weight is 335 g/mol. The Kier molecular flexibility index (Phi) is 3.87. The predicted octanol–water partition coefficient (Wildman–Crippen LogP) is 3.81. The second-order valence-corrected chi connectivity index (χ2v) is 5.49. The molecule has 2 heterocycles. The SMILES string of the molecule is Cc1cc(Nc2cnc(-c3ccc(Cl)c(Cl)c3)c(N)n2)n[nH]1. The van der Waals surface area contributed by atoms with Gasteiger partial charge in [-0.2, -0.15) is 5.10 Å². The molecule has 0 amide bonds. The van der Waals surface area contributed by atoms with E-state index < -0.39 is 0 Å². The molecule has 0 spiro atoms. The molecule has 3 aromatic rings. The second-order valence-electron chi connectivity index (χ2n) is 4.68. The van der Waals surface area contributed by atoms with Crippen LogP contribution in [0.3, 0.4) is 0 Å². The molecule has 0 radical (unpaired) electrons. The van der Waals surface area contributed by atoms with Crippen LogP contribution >= 0.6 is 23.2 Å². The first-order valence-electron chi connectivity index (χ1n) is 6.40. The number of nitrogens with zero attached hydrogens (tertiary/aromatic N) is 3. The summed E-state index contributed by atoms with van der Waals surface area (Å²) in [6.45, 7) is 1.91. The van der Waals surface area contributed by atoms with Crippen LogP contribution in [0.25, 0.3) is 11.3 Å². The maximum Gasteiger partial charge on any atom is 0.153 e. The monoisotopic (exact) mass is 334 g/mol. The number of hydrogen-bond donors (Lipinski definition) is 3. The molecule has 0 saturated heterocycles. The first kappa shape index (κ1) is 14.6. The number of aromatic amines is 1. The lowest BCUT2D eigenvalue weighted by Gasteiger charge is -2.08. The number of benzene rings is 1. The average Bonchev–Trinajstić information content (AvgIpc) is 2.87. The van der Waals surface area contributed by atoms with E-state index in [1.807, 2.05) is 13.0 Å². The van der Waals surface area contributed by atoms with E-state index in [9.17, 15) is 0 Å². The molecule has 0 saturated carbocycles. The Morgan fingerprint density at radius 2 is 1.95 bits per heavy atom. The van der Waals surface area contributed by atoms with E-state index in [1.165, 1.54) is 0 Å². The molecule has 22 heavy (non-hydrogen) atoms. The number of anilines is 3. The Bertz CT molecular complexity index is 830. The summed E-state index contributed by atoms with van der Waals surface area (Å²) >= 11 is 11.9. The minimum atomic E-state index is 0.288. The van der Waals surface area contributed by atoms with Crippen LogP contribution in [0.15, 0.2) is 30.5 Å². The number of rotatable bonds is 3. The standard InChI is InChI=1S/C14H12Cl2N6/c1-7-4-11(22-21-7)19-12-6-18-13(14(17)20-12)8-2-3-9(15)10(16)5-8/h2-6H,1H3,(H4,17,19,20,21,22). The van der Waals surface area contributed by atoms with Gasteiger partial charge in [-0.3, -0.25) is 5.10 Å². The maximum atomic E-state index is 6.01. The summed E-state index contributed by atoms with van der Waals surface area (Å²) in [6, 6.07) is 7.04. The van der Waals surface area contributed by atoms with Crippen molar-refractivity contribution in [3.05, 3.63) is 46.2 Å². The van der Waals surface area contributed by atoms with Gasteiger partial charge in [0.1, 0.15) is 5.69 Å². The van der Waals surface area contributed by atoms with E-state index in [4.69, 9.17) is 28.9 Å². The van der Waals surface area contributed by atoms with Crippen molar-refractivity contribution in [2.75, 3.05) is 11.1 Å². The zero-order valence-corrected chi connectivity index (χ0v) is 13.1. The van der Waals surface area contributed by atoms with Crippen molar-refractivity contribution in [3.63, 3.8) is 0 Å². The third-order valence-electron chi connectivity index (χ3n) is 2.95. The van der Waals surface area contributed by atoms with Crippen LogP contribution in [-0.2, 0) is 0 Å². The van der Waals surface area contributed by atoms with Crippen molar-refractivity contribution in [2.45, 2.75) is 6.92 Å². The molecule has 8 heteroatoms. The number of halogens is 2. The van der Waals surface area contributed by atoms with E-state index in [2.05, 4.69) is 25.5 Å². The van der Waals surface area contributed by atoms with Gasteiger partial charge in [0.2, 0.25) is 0 Å². The van der Waals surface area contributed by atoms with Gasteiger partial charge >= 0.3 is 0 Å². The highest BCUT2D eigenvalue weighted by Crippen LogP contribution is 2.30. The highest BCUT2D eigenvalue weighted by Gasteiger charge is 2.10. The third-order valence-corrected chi connectivity index (χ3v) is 3.69. The van der Waals surface area contributed by atoms with E-state index in [0.29, 0.717) is 27.4 Å². The molecule has 1 aromatic carbocycles. The van der Waals surface area contributed by atoms with Crippen molar-refractivity contribution in [1.82, 2.24) is 20.2 Å². The van der Waals surface area contributed by atoms with E-state index in [-0.39, 0.29) is 5.82 Å². The number of aryl methyl sites for hydroxylation is 1. The predicted molar refractivity (Wildman–Crippen MR) is 88.5 cm³/mol. The van der Waals surface area contributed by atoms with Crippen LogP contribution in [0, 0.1) is 6.92 Å². The van der Waals surface area contributed by atoms with Crippen molar-refractivity contribution in [2.24, 2.45) is 0 Å². The molecular formula is C14H12Cl2N6. The van der Waals surface area contributed by atoms with Gasteiger partial charge < -0.3 is 11.1 Å². The summed E-state index contributed by atoms with van der Waals surface area (Å²) in [7, 11) is 0. The van der Waals surface area contributed by atoms with Crippen LogP contribution < -0.4 is 11.1 Å². The molecule has 2 aromatic heterocycles. The fourth-order valence-electron chi connectivity index (χ4n) is 1.94. The summed E-state index contributed by atoms with van der Waals surface area (Å²) in [5.41, 5.74) is 8.22. The van der Waals surface area contributed by atoms with Gasteiger partial charge in [-0.05, 0) is 19.1 Å². The van der Waals surface area contributed by atoms with Crippen LogP contribution in [-0.4, -0.2) is 20.2 Å². The summed E-state index contributed by atoms with van der Waals surface area (Å²) in [4.78, 5) is 8.61. The van der Waals surface area contributed by atoms with Crippen molar-refractivity contribution >= 4 is 40.7 Å². The van der Waals surface area contributed by atoms with Gasteiger partial charge in [0.25, 0.3) is 0 Å². The van der Waals surface area contributed by atoms with Gasteiger partial charge in [-0.1, -0.05) is 29.3 Å². The third kappa shape index (κ3) is 2.98. The molecule has 3 rings (SSSR count). The molecule has 0 aliphatic carbocycles. The quantitative estimate of drug-likeness (QED) is 0.677. The smallest absolute Gasteiger partial charge is 0.153 e. The van der Waals surface area contributed by atoms with Gasteiger partial charge in [0, 0.05) is 17.3 Å². The normalized spacial score (nSPS) is 10.7. The van der Waals surface area contributed by atoms with Gasteiger partial charge in [0.15, 0.2) is 17.5 Å². The highest BCUT2D eigenvalue weighted by atomic mass is 35.5. The number of nitrogens with two attached hydrogens (primary N) is 1. The Labute approximate surface area is 136 Å². The number of aromatic nitrogens is 4. The fourth-order valence-corrected chi connectivity index (χ4v) is 2.24. The Morgan fingerprint density at radius 3 is 2.59 bits per heavy atom. The minimum Gasteiger partial charge on any atom is -0.382 e. The zero-order chi connectivity index (χ0) is 15.7. The summed E-state index contributed by atoms with van der Waals surface area (Å²) in [5.74, 6) is 1.44. The molecule has 0 fully saturated rings. The molecule has 0 atom stereocenters. The molecule has 0 bridgehead atoms. The topological polar surface area (TPSA) is 92.5 Å². The van der Waals surface area contributed by atoms with Gasteiger partial charge in [0.05, 0.1) is 16.2 Å². The van der Waals surface area contributed by atoms with Crippen molar-refractivity contribution in [1.29, 1.82) is 0 Å². The molecule has 0 unspecified atom stereocenters. The summed E-state index contributed by atoms with van der Waals surface area (Å²) in [6.07, 6.45) is 1.58. The first-order chi connectivity index (χ1) is 10.5. The number of hydrogen-bond acceptors (Lipinski definition) is 5. The fraction of sp³-hybridized carbons (Fsp3) is 0.0714. The Hall–Kier alpha value is -2.31. The van der Waals surface area contributed by atoms with Crippen LogP contribution in [0.2, 0.25) is 10.0 Å². The lowest BCUT2D eigenvalue weighted by atomic mass is 10.1. The summed E-state index contributed by atoms with van der Waals surface area (Å²) in [5, 5.41) is 10.8. The van der Waals surface area contributed by atoms with Gasteiger partial charge in [-0.15, -0.1) is 0 Å². The van der Waals surface area contributed by atoms with Crippen LogP contribution in [0.1, 0.15) is 5.69 Å². The molecule has 4 N–H and O–H groups in total. The lowest BCUT2D eigenvalue weighted by molar-refractivity contribution is 1.05. The molecule has 112 valence electrons. The van der Waals surface area contributed by atoms with Crippen LogP contribution in [0.5, 0.6) is 0 Å². The van der Waals surface area contributed by atoms with E-state index in [1.54, 1.807) is 24.4 Å². The van der Waals surface area contributed by atoms with Crippen molar-refractivity contribution < 1.29 is 0 Å². The van der Waals surface area contributed by atoms with Crippen LogP contribution in [0.4, 0.5) is 17.5 Å². The number of nitrogens with one attached hydrogen (secondary N) is 2. The van der Waals surface area contributed by atoms with Crippen molar-refractivity contribution in [3.8, 4) is 11.3 Å². The maximum absolute atomic E-state index is 6.01. The first-order valence-corrected chi connectivity index (χ1v) is 7.15. The Balaban J connectivity index is 1.90. The molecule has 0 aliphatic heterocycles. The lowest BCUT2D eigenvalue weighted by Crippen LogP contribution is -2.02. The minimum absolute atomic E-state index is 0.288. The van der Waals surface area contributed by atoms with Gasteiger partial charge in [-0.25, -0.2) is 9.97 Å². The van der Waals surface area contributed by atoms with E-state index in [0.717, 1.165) is 11.3 Å². The highest BCUT2D eigenvalue weighted by molar-refractivity contribution is 6.42. The number of nitrogen functional groups attached to an aromatic ring is 1. The largest absolute Gasteiger partial charge is 0.382 e. The second kappa shape index (κ2) is 5.82. The Morgan fingerprint density at radius 1 is 1.14 bits per heavy atom. The molecule has 0 aliphatic rings.